The molecule has 4 N–H and O–H groups in total. The van der Waals surface area contributed by atoms with E-state index < -0.39 is 0 Å². The summed E-state index contributed by atoms with van der Waals surface area (Å²) in [6.45, 7) is 15.5. The number of phenolic OH excluding ortho intramolecular Hbond substituents is 2. The molecule has 3 aromatic carbocycles. The molecule has 0 radical (unpaired) electrons. The van der Waals surface area contributed by atoms with Gasteiger partial charge in [-0.25, -0.2) is 15.0 Å². The summed E-state index contributed by atoms with van der Waals surface area (Å²) in [4.78, 5) is 14.3. The number of rotatable bonds is 18. The molecule has 0 unspecified atom stereocenters. The van der Waals surface area contributed by atoms with Gasteiger partial charge in [-0.15, -0.1) is 0 Å². The van der Waals surface area contributed by atoms with Crippen LogP contribution < -0.4 is 15.2 Å². The Morgan fingerprint density at radius 3 is 1.58 bits per heavy atom. The van der Waals surface area contributed by atoms with Gasteiger partial charge in [0.25, 0.3) is 0 Å². The lowest BCUT2D eigenvalue weighted by Crippen LogP contribution is -2.09. The first-order valence-electron chi connectivity index (χ1n) is 16.5. The largest absolute Gasteiger partial charge is 0.507 e. The summed E-state index contributed by atoms with van der Waals surface area (Å²) in [5.41, 5.74) is 11.5. The van der Waals surface area contributed by atoms with E-state index in [2.05, 4.69) is 0 Å². The first-order valence-corrected chi connectivity index (χ1v) is 16.5. The molecule has 0 saturated carbocycles. The van der Waals surface area contributed by atoms with Gasteiger partial charge in [-0.1, -0.05) is 6.07 Å². The van der Waals surface area contributed by atoms with E-state index in [0.29, 0.717) is 92.3 Å². The van der Waals surface area contributed by atoms with Crippen molar-refractivity contribution in [3.05, 3.63) is 58.7 Å². The Morgan fingerprint density at radius 2 is 1.02 bits per heavy atom. The standard InChI is InChI=1S/C37H48N4O7/c1-7-44-18-10-11-26-12-13-28(33(42)23(26)4)36-39-35(27-14-16-30(24(5)32(27)38)47-21-19-45-8-2)40-37(41-36)29-15-17-31(25(6)34(29)43)48-22-20-46-9-3/h12-17,42-43H,7-11,18-22,38H2,1-6H3. The number of aromatic hydroxyl groups is 2. The molecule has 1 heterocycles. The van der Waals surface area contributed by atoms with Crippen molar-refractivity contribution in [1.82, 2.24) is 15.0 Å². The first-order chi connectivity index (χ1) is 23.2. The van der Waals surface area contributed by atoms with Gasteiger partial charge in [0.2, 0.25) is 0 Å². The second kappa shape index (κ2) is 17.6. The van der Waals surface area contributed by atoms with Crippen molar-refractivity contribution in [2.24, 2.45) is 0 Å². The summed E-state index contributed by atoms with van der Waals surface area (Å²) < 4.78 is 28.0. The average Bonchev–Trinajstić information content (AvgIpc) is 3.08. The van der Waals surface area contributed by atoms with Gasteiger partial charge < -0.3 is 39.6 Å². The summed E-state index contributed by atoms with van der Waals surface area (Å²) in [5.74, 6) is 1.93. The van der Waals surface area contributed by atoms with Crippen LogP contribution >= 0.6 is 0 Å². The minimum Gasteiger partial charge on any atom is -0.507 e. The zero-order valence-corrected chi connectivity index (χ0v) is 28.9. The highest BCUT2D eigenvalue weighted by Crippen LogP contribution is 2.40. The SMILES string of the molecule is CCOCCCc1ccc(-c2nc(-c3ccc(OCCOCC)c(C)c3N)nc(-c3ccc(OCCOCC)c(C)c3O)n2)c(O)c1C. The molecule has 0 aliphatic rings. The number of anilines is 1. The number of hydrogen-bond donors (Lipinski definition) is 3. The van der Waals surface area contributed by atoms with Crippen molar-refractivity contribution in [3.8, 4) is 57.2 Å². The Labute approximate surface area is 283 Å². The van der Waals surface area contributed by atoms with Crippen molar-refractivity contribution in [1.29, 1.82) is 0 Å². The van der Waals surface area contributed by atoms with Gasteiger partial charge in [0, 0.05) is 48.8 Å². The van der Waals surface area contributed by atoms with Crippen LogP contribution in [0.3, 0.4) is 0 Å². The van der Waals surface area contributed by atoms with E-state index in [4.69, 9.17) is 44.4 Å². The number of ether oxygens (including phenoxy) is 5. The van der Waals surface area contributed by atoms with E-state index >= 15 is 0 Å². The normalized spacial score (nSPS) is 11.2. The molecule has 0 spiro atoms. The lowest BCUT2D eigenvalue weighted by molar-refractivity contribution is 0.110. The first kappa shape index (κ1) is 36.4. The summed E-state index contributed by atoms with van der Waals surface area (Å²) in [6.07, 6.45) is 1.59. The Balaban J connectivity index is 1.80. The fraction of sp³-hybridized carbons (Fsp3) is 0.432. The molecule has 1 aromatic heterocycles. The minimum absolute atomic E-state index is 0.0285. The molecule has 0 atom stereocenters. The second-order valence-electron chi connectivity index (χ2n) is 11.2. The molecule has 0 amide bonds. The zero-order valence-electron chi connectivity index (χ0n) is 28.9. The quantitative estimate of drug-likeness (QED) is 0.0783. The Bertz CT molecular complexity index is 1470. The van der Waals surface area contributed by atoms with Crippen molar-refractivity contribution in [2.45, 2.75) is 54.4 Å². The molecule has 11 nitrogen and oxygen atoms in total. The molecule has 48 heavy (non-hydrogen) atoms. The molecule has 4 rings (SSSR count). The van der Waals surface area contributed by atoms with Crippen molar-refractivity contribution in [3.63, 3.8) is 0 Å². The van der Waals surface area contributed by atoms with E-state index in [9.17, 15) is 10.2 Å². The Kier molecular flexibility index (Phi) is 13.4. The van der Waals surface area contributed by atoms with Gasteiger partial charge in [-0.05, 0) is 95.8 Å². The summed E-state index contributed by atoms with van der Waals surface area (Å²) in [7, 11) is 0. The van der Waals surface area contributed by atoms with Gasteiger partial charge in [-0.3, -0.25) is 0 Å². The third kappa shape index (κ3) is 8.71. The van der Waals surface area contributed by atoms with Crippen LogP contribution in [0.25, 0.3) is 34.2 Å². The summed E-state index contributed by atoms with van der Waals surface area (Å²) >= 11 is 0. The van der Waals surface area contributed by atoms with Gasteiger partial charge in [0.15, 0.2) is 17.5 Å². The number of aromatic nitrogens is 3. The zero-order chi connectivity index (χ0) is 34.6. The van der Waals surface area contributed by atoms with Crippen LogP contribution in [0, 0.1) is 20.8 Å². The average molecular weight is 661 g/mol. The van der Waals surface area contributed by atoms with Crippen LogP contribution in [0.1, 0.15) is 49.4 Å². The highest BCUT2D eigenvalue weighted by molar-refractivity contribution is 5.80. The molecule has 11 heteroatoms. The fourth-order valence-corrected chi connectivity index (χ4v) is 5.23. The highest BCUT2D eigenvalue weighted by atomic mass is 16.5. The fourth-order valence-electron chi connectivity index (χ4n) is 5.23. The third-order valence-electron chi connectivity index (χ3n) is 8.07. The summed E-state index contributed by atoms with van der Waals surface area (Å²) in [6, 6.07) is 10.9. The molecule has 4 aromatic rings. The second-order valence-corrected chi connectivity index (χ2v) is 11.2. The van der Waals surface area contributed by atoms with Crippen LogP contribution in [-0.2, 0) is 20.6 Å². The Hall–Kier alpha value is -4.45. The van der Waals surface area contributed by atoms with Crippen LogP contribution in [0.15, 0.2) is 36.4 Å². The molecule has 258 valence electrons. The molecular formula is C37H48N4O7. The van der Waals surface area contributed by atoms with Crippen LogP contribution in [0.2, 0.25) is 0 Å². The van der Waals surface area contributed by atoms with Crippen LogP contribution in [-0.4, -0.2) is 78.0 Å². The lowest BCUT2D eigenvalue weighted by atomic mass is 9.99. The topological polar surface area (TPSA) is 151 Å². The number of hydrogen-bond acceptors (Lipinski definition) is 11. The van der Waals surface area contributed by atoms with Gasteiger partial charge in [-0.2, -0.15) is 0 Å². The number of aryl methyl sites for hydroxylation is 1. The minimum atomic E-state index is -0.0285. The van der Waals surface area contributed by atoms with E-state index in [-0.39, 0.29) is 29.0 Å². The van der Waals surface area contributed by atoms with E-state index in [1.807, 2.05) is 52.8 Å². The van der Waals surface area contributed by atoms with Gasteiger partial charge in [0.05, 0.1) is 24.3 Å². The lowest BCUT2D eigenvalue weighted by Gasteiger charge is -2.17. The maximum Gasteiger partial charge on any atom is 0.167 e. The molecule has 0 saturated heterocycles. The smallest absolute Gasteiger partial charge is 0.167 e. The van der Waals surface area contributed by atoms with Gasteiger partial charge in [0.1, 0.15) is 36.2 Å². The number of benzene rings is 3. The number of phenols is 2. The molecular weight excluding hydrogens is 612 g/mol. The third-order valence-corrected chi connectivity index (χ3v) is 8.07. The maximum absolute atomic E-state index is 11.4. The maximum atomic E-state index is 11.4. The van der Waals surface area contributed by atoms with Crippen LogP contribution in [0.4, 0.5) is 5.69 Å². The van der Waals surface area contributed by atoms with Crippen molar-refractivity contribution < 1.29 is 33.9 Å². The van der Waals surface area contributed by atoms with Gasteiger partial charge >= 0.3 is 0 Å². The number of nitrogen functional groups attached to an aromatic ring is 1. The van der Waals surface area contributed by atoms with E-state index in [1.165, 1.54) is 0 Å². The van der Waals surface area contributed by atoms with Crippen LogP contribution in [0.5, 0.6) is 23.0 Å². The predicted octanol–water partition coefficient (Wildman–Crippen LogP) is 6.59. The van der Waals surface area contributed by atoms with Crippen molar-refractivity contribution in [2.75, 3.05) is 58.6 Å². The summed E-state index contributed by atoms with van der Waals surface area (Å²) in [5, 5.41) is 22.8. The van der Waals surface area contributed by atoms with E-state index in [0.717, 1.165) is 29.5 Å². The molecule has 0 fully saturated rings. The predicted molar refractivity (Wildman–Crippen MR) is 187 cm³/mol. The number of nitrogens with two attached hydrogens (primary N) is 1. The Morgan fingerprint density at radius 1 is 0.562 bits per heavy atom. The number of nitrogens with zero attached hydrogens (tertiary/aromatic N) is 3. The van der Waals surface area contributed by atoms with E-state index in [1.54, 1.807) is 25.1 Å². The molecule has 0 aliphatic carbocycles. The molecule has 0 aliphatic heterocycles. The van der Waals surface area contributed by atoms with Crippen molar-refractivity contribution >= 4 is 5.69 Å². The highest BCUT2D eigenvalue weighted by Gasteiger charge is 2.22. The monoisotopic (exact) mass is 660 g/mol. The molecule has 0 bridgehead atoms.